The van der Waals surface area contributed by atoms with Crippen LogP contribution in [0, 0.1) is 23.7 Å². The quantitative estimate of drug-likeness (QED) is 0.104. The van der Waals surface area contributed by atoms with Crippen LogP contribution in [0.3, 0.4) is 0 Å². The molecule has 364 valence electrons. The highest BCUT2D eigenvalue weighted by molar-refractivity contribution is 6.00. The molecule has 3 aliphatic rings. The minimum atomic E-state index is -1.54. The Bertz CT molecular complexity index is 1750. The van der Waals surface area contributed by atoms with Gasteiger partial charge in [0.1, 0.15) is 29.9 Å². The largest absolute Gasteiger partial charge is 0.467 e. The Labute approximate surface area is 379 Å². The van der Waals surface area contributed by atoms with Crippen LogP contribution in [-0.2, 0) is 66.7 Å². The normalized spacial score (nSPS) is 35.2. The fraction of sp³-hybridized carbons (Fsp3) is 0.822. The van der Waals surface area contributed by atoms with Crippen molar-refractivity contribution in [1.29, 1.82) is 0 Å². The second-order valence-electron chi connectivity index (χ2n) is 18.5. The molecule has 0 spiro atoms. The predicted molar refractivity (Wildman–Crippen MR) is 230 cm³/mol. The Balaban J connectivity index is 1.91. The number of unbranched alkanes of at least 4 members (excludes halogenated alkanes) is 2. The van der Waals surface area contributed by atoms with Crippen molar-refractivity contribution in [2.24, 2.45) is 23.7 Å². The topological polar surface area (TPSA) is 232 Å². The number of methoxy groups -OCH3 is 2. The number of hydrogen-bond donors (Lipinski definition) is 2. The molecule has 3 heterocycles. The average molecular weight is 912 g/mol. The van der Waals surface area contributed by atoms with Crippen molar-refractivity contribution in [3.63, 3.8) is 0 Å². The van der Waals surface area contributed by atoms with Crippen LogP contribution in [0.1, 0.15) is 115 Å². The third kappa shape index (κ3) is 12.8. The maximum absolute atomic E-state index is 14.7. The molecular weight excluding hydrogens is 837 g/mol. The summed E-state index contributed by atoms with van der Waals surface area (Å²) in [6, 6.07) is -3.41. The highest BCUT2D eigenvalue weighted by atomic mass is 16.7. The van der Waals surface area contributed by atoms with E-state index in [1.165, 1.54) is 46.8 Å². The number of amides is 3. The van der Waals surface area contributed by atoms with Crippen LogP contribution in [0.4, 0.5) is 4.79 Å². The maximum Gasteiger partial charge on any atom is 0.410 e. The van der Waals surface area contributed by atoms with Gasteiger partial charge in [0.25, 0.3) is 0 Å². The summed E-state index contributed by atoms with van der Waals surface area (Å²) in [5, 5.41) is 2.97. The predicted octanol–water partition coefficient (Wildman–Crippen LogP) is 3.11. The van der Waals surface area contributed by atoms with Crippen LogP contribution >= 0.6 is 0 Å². The molecule has 64 heavy (non-hydrogen) atoms. The Hall–Kier alpha value is -4.20. The molecule has 19 heteroatoms. The fourth-order valence-electron chi connectivity index (χ4n) is 9.27. The smallest absolute Gasteiger partial charge is 0.410 e. The van der Waals surface area contributed by atoms with E-state index in [2.05, 4.69) is 10.1 Å². The molecule has 19 nitrogen and oxygen atoms in total. The third-order valence-corrected chi connectivity index (χ3v) is 13.2. The van der Waals surface area contributed by atoms with Crippen LogP contribution in [0.5, 0.6) is 0 Å². The lowest BCUT2D eigenvalue weighted by Gasteiger charge is -2.47. The number of cyclic esters (lactones) is 1. The standard InChI is InChI=1S/C45H74N4O15/c1-23-22-44(10,59-15)38(63-42-36(62-31(9)50)32(48(12)13)21-24(2)60-42)26(4)35(53)27(5)40(55)61-30(8)45(11)37(25(3)34(23)52)49(43(57)64-45)20-18-16-17-19-33(51)46-28(6)39(54)47-29(7)41(56)58-14/h23-30,32,36-38,42H,16-22H2,1-15H3,(H,46,51)(H,47,54)/t23-,24-,25+,26+,27-,28-,29+,30-,32+,36-,37-,38-,42+,44?,45-/m1/s1/i/hD. The molecule has 0 aromatic rings. The molecule has 1 unspecified atom stereocenters. The Morgan fingerprint density at radius 1 is 0.938 bits per heavy atom. The van der Waals surface area contributed by atoms with Gasteiger partial charge >= 0.3 is 24.0 Å². The van der Waals surface area contributed by atoms with Crippen molar-refractivity contribution < 1.29 is 72.9 Å². The van der Waals surface area contributed by atoms with Crippen molar-refractivity contribution in [2.45, 2.75) is 181 Å². The number of nitrogens with zero attached hydrogens (tertiary/aromatic N) is 2. The minimum absolute atomic E-state index is 0.0326. The summed E-state index contributed by atoms with van der Waals surface area (Å²) in [5.41, 5.74) is -2.91. The van der Waals surface area contributed by atoms with Gasteiger partial charge in [0.2, 0.25) is 11.8 Å². The molecule has 15 atom stereocenters. The number of fused-ring (bicyclic) bond motifs is 1. The maximum atomic E-state index is 14.7. The fourth-order valence-corrected chi connectivity index (χ4v) is 9.27. The number of rotatable bonds is 15. The van der Waals surface area contributed by atoms with Gasteiger partial charge in [-0.25, -0.2) is 9.59 Å². The van der Waals surface area contributed by atoms with Gasteiger partial charge < -0.3 is 53.6 Å². The summed E-state index contributed by atoms with van der Waals surface area (Å²) in [6.07, 6.45) is -3.84. The van der Waals surface area contributed by atoms with Gasteiger partial charge in [-0.05, 0) is 88.2 Å². The van der Waals surface area contributed by atoms with Crippen LogP contribution in [0.2, 0.25) is 1.41 Å². The molecule has 3 saturated heterocycles. The summed E-state index contributed by atoms with van der Waals surface area (Å²) in [5.74, 6) is -8.22. The van der Waals surface area contributed by atoms with Gasteiger partial charge in [0.05, 0.1) is 37.0 Å². The Morgan fingerprint density at radius 2 is 1.58 bits per heavy atom. The number of ketones is 2. The zero-order chi connectivity index (χ0) is 49.5. The van der Waals surface area contributed by atoms with Crippen molar-refractivity contribution >= 4 is 47.4 Å². The first kappa shape index (κ1) is 52.4. The van der Waals surface area contributed by atoms with E-state index in [1.54, 1.807) is 41.5 Å². The van der Waals surface area contributed by atoms with Crippen LogP contribution in [0.15, 0.2) is 0 Å². The Morgan fingerprint density at radius 3 is 2.16 bits per heavy atom. The Kier molecular flexibility index (Phi) is 18.7. The SMILES string of the molecule is [2H]N(C(=O)CCCCCN1C(=O)O[C@]2(C)[C@@H](C)OC(=O)[C@H](C)C(=O)[C@H](C)[C@@H](O[C@@H]3O[C@H](C)C[C@H](N(C)C)[C@H]3OC(C)=O)C(C)(OC)C[C@@H](C)C(=O)[C@H](C)[C@@H]12)[C@H](C)C(=O)N[C@@H](C)C(=O)OC. The summed E-state index contributed by atoms with van der Waals surface area (Å²) in [4.78, 5) is 110. The molecule has 3 aliphatic heterocycles. The molecule has 0 radical (unpaired) electrons. The van der Waals surface area contributed by atoms with Crippen molar-refractivity contribution in [1.82, 2.24) is 20.4 Å². The van der Waals surface area contributed by atoms with E-state index in [-0.39, 0.29) is 37.3 Å². The van der Waals surface area contributed by atoms with Gasteiger partial charge in [-0.3, -0.25) is 28.8 Å². The lowest BCUT2D eigenvalue weighted by Crippen LogP contribution is -2.60. The van der Waals surface area contributed by atoms with Gasteiger partial charge in [-0.1, -0.05) is 27.2 Å². The zero-order valence-corrected chi connectivity index (χ0v) is 40.4. The van der Waals surface area contributed by atoms with E-state index >= 15 is 0 Å². The minimum Gasteiger partial charge on any atom is -0.467 e. The van der Waals surface area contributed by atoms with Gasteiger partial charge in [0, 0.05) is 44.8 Å². The van der Waals surface area contributed by atoms with E-state index < -0.39 is 119 Å². The number of carbonyl (C=O) groups excluding carboxylic acids is 8. The molecule has 2 N–H and O–H groups in total. The van der Waals surface area contributed by atoms with Crippen LogP contribution in [-0.4, -0.2) is 158 Å². The molecule has 0 aromatic heterocycles. The van der Waals surface area contributed by atoms with E-state index in [9.17, 15) is 38.4 Å². The number of nitrogens with one attached hydrogen (secondary N) is 2. The molecular formula is C45H74N4O15. The van der Waals surface area contributed by atoms with Crippen LogP contribution < -0.4 is 10.6 Å². The third-order valence-electron chi connectivity index (χ3n) is 13.2. The van der Waals surface area contributed by atoms with Gasteiger partial charge in [-0.2, -0.15) is 0 Å². The number of ether oxygens (including phenoxy) is 7. The number of hydrogen-bond acceptors (Lipinski definition) is 16. The van der Waals surface area contributed by atoms with E-state index in [1.807, 2.05) is 25.9 Å². The first-order chi connectivity index (χ1) is 30.2. The second kappa shape index (κ2) is 22.8. The summed E-state index contributed by atoms with van der Waals surface area (Å²) in [6.45, 7) is 17.4. The monoisotopic (exact) mass is 912 g/mol. The molecule has 3 amide bonds. The molecule has 3 rings (SSSR count). The van der Waals surface area contributed by atoms with Crippen molar-refractivity contribution in [3.8, 4) is 0 Å². The molecule has 3 fully saturated rings. The number of esters is 3. The molecule has 0 aliphatic carbocycles. The van der Waals surface area contributed by atoms with E-state index in [0.29, 0.717) is 31.0 Å². The summed E-state index contributed by atoms with van der Waals surface area (Å²) in [7, 11) is 6.32. The second-order valence-corrected chi connectivity index (χ2v) is 18.5. The summed E-state index contributed by atoms with van der Waals surface area (Å²) < 4.78 is 49.7. The average Bonchev–Trinajstić information content (AvgIpc) is 3.51. The molecule has 0 bridgehead atoms. The molecule has 0 saturated carbocycles. The van der Waals surface area contributed by atoms with Crippen molar-refractivity contribution in [2.75, 3.05) is 34.9 Å². The lowest BCUT2D eigenvalue weighted by atomic mass is 9.73. The lowest BCUT2D eigenvalue weighted by molar-refractivity contribution is -0.298. The van der Waals surface area contributed by atoms with Crippen molar-refractivity contribution in [3.05, 3.63) is 0 Å². The summed E-state index contributed by atoms with van der Waals surface area (Å²) >= 11 is 0. The van der Waals surface area contributed by atoms with E-state index in [0.717, 1.165) is 0 Å². The number of carbonyl (C=O) groups is 8. The van der Waals surface area contributed by atoms with Crippen LogP contribution in [0.25, 0.3) is 0 Å². The number of Topliss-reactive ketones (excluding diaryl/α,β-unsaturated/α-hetero) is 2. The first-order valence-corrected chi connectivity index (χ1v) is 22.3. The zero-order valence-electron chi connectivity index (χ0n) is 41.4. The highest BCUT2D eigenvalue weighted by Gasteiger charge is 2.60. The van der Waals surface area contributed by atoms with Gasteiger partial charge in [0.15, 0.2) is 25.2 Å². The highest BCUT2D eigenvalue weighted by Crippen LogP contribution is 2.42. The molecule has 0 aromatic carbocycles. The van der Waals surface area contributed by atoms with E-state index in [4.69, 9.17) is 29.8 Å². The van der Waals surface area contributed by atoms with Gasteiger partial charge in [-0.15, -0.1) is 0 Å². The first-order valence-electron chi connectivity index (χ1n) is 22.8. The number of likely N-dealkylation sites (N-methyl/N-ethyl adjacent to an activating group) is 1.